The van der Waals surface area contributed by atoms with Crippen LogP contribution in [0, 0.1) is 0 Å². The van der Waals surface area contributed by atoms with Crippen molar-refractivity contribution in [3.05, 3.63) is 94.3 Å². The Morgan fingerprint density at radius 1 is 1.07 bits per heavy atom. The van der Waals surface area contributed by atoms with Gasteiger partial charge in [-0.3, -0.25) is 4.68 Å². The molecule has 0 fully saturated rings. The van der Waals surface area contributed by atoms with E-state index in [4.69, 9.17) is 22.9 Å². The van der Waals surface area contributed by atoms with Gasteiger partial charge in [0.2, 0.25) is 0 Å². The molecule has 8 nitrogen and oxygen atoms in total. The smallest absolute Gasteiger partial charge is 0.135 e. The van der Waals surface area contributed by atoms with Crippen LogP contribution in [-0.2, 0) is 0 Å². The van der Waals surface area contributed by atoms with Crippen LogP contribution in [0.3, 0.4) is 0 Å². The molecule has 2 heterocycles. The van der Waals surface area contributed by atoms with Gasteiger partial charge in [-0.25, -0.2) is 9.97 Å². The van der Waals surface area contributed by atoms with Crippen molar-refractivity contribution in [2.24, 2.45) is 5.11 Å². The van der Waals surface area contributed by atoms with E-state index in [-0.39, 0.29) is 12.6 Å². The van der Waals surface area contributed by atoms with Crippen LogP contribution in [-0.4, -0.2) is 26.3 Å². The van der Waals surface area contributed by atoms with Crippen molar-refractivity contribution in [1.82, 2.24) is 19.7 Å². The van der Waals surface area contributed by atoms with Crippen molar-refractivity contribution >= 4 is 17.4 Å². The van der Waals surface area contributed by atoms with E-state index in [1.54, 1.807) is 23.0 Å². The fourth-order valence-corrected chi connectivity index (χ4v) is 3.41. The van der Waals surface area contributed by atoms with Gasteiger partial charge in [-0.2, -0.15) is 5.10 Å². The van der Waals surface area contributed by atoms with Crippen molar-refractivity contribution < 1.29 is 0 Å². The molecule has 2 aromatic carbocycles. The minimum absolute atomic E-state index is 0.234. The van der Waals surface area contributed by atoms with Gasteiger partial charge in [-0.05, 0) is 28.8 Å². The molecule has 4 aromatic rings. The second kappa shape index (κ2) is 8.65. The molecule has 2 aromatic heterocycles. The van der Waals surface area contributed by atoms with Crippen LogP contribution in [0.4, 0.5) is 5.82 Å². The lowest BCUT2D eigenvalue weighted by molar-refractivity contribution is 0.531. The molecule has 0 aliphatic rings. The number of nitrogens with zero attached hydrogens (tertiary/aromatic N) is 7. The van der Waals surface area contributed by atoms with Crippen LogP contribution < -0.4 is 5.73 Å². The Balaban J connectivity index is 1.78. The number of hydrogen-bond acceptors (Lipinski definition) is 5. The van der Waals surface area contributed by atoms with Crippen LogP contribution in [0.1, 0.15) is 11.6 Å². The number of halogens is 1. The summed E-state index contributed by atoms with van der Waals surface area (Å²) < 4.78 is 1.77. The first-order chi connectivity index (χ1) is 14.7. The number of azide groups is 1. The maximum absolute atomic E-state index is 8.79. The fraction of sp³-hybridized carbons (Fsp3) is 0.0952. The molecule has 9 heteroatoms. The van der Waals surface area contributed by atoms with Crippen LogP contribution in [0.2, 0.25) is 5.02 Å². The summed E-state index contributed by atoms with van der Waals surface area (Å²) in [5, 5.41) is 8.90. The zero-order valence-corrected chi connectivity index (χ0v) is 16.6. The second-order valence-electron chi connectivity index (χ2n) is 6.54. The maximum atomic E-state index is 8.79. The second-order valence-corrected chi connectivity index (χ2v) is 6.97. The molecule has 0 amide bonds. The third kappa shape index (κ3) is 3.96. The van der Waals surface area contributed by atoms with E-state index in [2.05, 4.69) is 25.1 Å². The molecule has 4 rings (SSSR count). The summed E-state index contributed by atoms with van der Waals surface area (Å²) in [6.45, 7) is 0.234. The first-order valence-corrected chi connectivity index (χ1v) is 9.52. The number of nitrogen functional groups attached to an aromatic ring is 1. The quantitative estimate of drug-likeness (QED) is 0.266. The highest BCUT2D eigenvalue weighted by Gasteiger charge is 2.18. The van der Waals surface area contributed by atoms with E-state index >= 15 is 0 Å². The van der Waals surface area contributed by atoms with E-state index in [1.807, 2.05) is 48.7 Å². The third-order valence-corrected chi connectivity index (χ3v) is 4.96. The van der Waals surface area contributed by atoms with Gasteiger partial charge in [0.25, 0.3) is 0 Å². The van der Waals surface area contributed by atoms with Crippen LogP contribution in [0.25, 0.3) is 32.8 Å². The van der Waals surface area contributed by atoms with E-state index in [0.717, 1.165) is 16.7 Å². The lowest BCUT2D eigenvalue weighted by Crippen LogP contribution is -2.14. The molecular weight excluding hydrogens is 400 g/mol. The largest absolute Gasteiger partial charge is 0.383 e. The first kappa shape index (κ1) is 19.4. The average molecular weight is 417 g/mol. The normalized spacial score (nSPS) is 11.6. The monoisotopic (exact) mass is 416 g/mol. The molecule has 30 heavy (non-hydrogen) atoms. The summed E-state index contributed by atoms with van der Waals surface area (Å²) >= 11 is 6.02. The van der Waals surface area contributed by atoms with Crippen LogP contribution in [0.15, 0.2) is 78.4 Å². The van der Waals surface area contributed by atoms with Crippen molar-refractivity contribution in [1.29, 1.82) is 0 Å². The topological polar surface area (TPSA) is 118 Å². The number of aromatic nitrogens is 4. The van der Waals surface area contributed by atoms with E-state index in [0.29, 0.717) is 22.1 Å². The lowest BCUT2D eigenvalue weighted by atomic mass is 10.0. The third-order valence-electron chi connectivity index (χ3n) is 4.71. The molecule has 0 saturated carbocycles. The molecule has 2 N–H and O–H groups in total. The van der Waals surface area contributed by atoms with E-state index in [9.17, 15) is 0 Å². The molecule has 1 atom stereocenters. The SMILES string of the molecule is [N-]=[N+]=NC[C@@H](c1ccccc1)n1cc(-c2ncnc(N)c2-c2ccc(Cl)cc2)cn1. The summed E-state index contributed by atoms with van der Waals surface area (Å²) in [7, 11) is 0. The zero-order chi connectivity index (χ0) is 20.9. The molecule has 0 radical (unpaired) electrons. The van der Waals surface area contributed by atoms with Gasteiger partial charge in [0.1, 0.15) is 12.1 Å². The van der Waals surface area contributed by atoms with Crippen molar-refractivity contribution in [3.8, 4) is 22.4 Å². The van der Waals surface area contributed by atoms with Gasteiger partial charge in [-0.1, -0.05) is 59.2 Å². The minimum atomic E-state index is -0.242. The Bertz CT molecular complexity index is 1200. The fourth-order valence-electron chi connectivity index (χ4n) is 3.28. The molecule has 0 saturated heterocycles. The Hall–Kier alpha value is -3.87. The van der Waals surface area contributed by atoms with Gasteiger partial charge < -0.3 is 5.73 Å². The number of nitrogens with two attached hydrogens (primary N) is 1. The van der Waals surface area contributed by atoms with Gasteiger partial charge in [0.05, 0.1) is 30.0 Å². The summed E-state index contributed by atoms with van der Waals surface area (Å²) in [5.41, 5.74) is 19.0. The summed E-state index contributed by atoms with van der Waals surface area (Å²) in [4.78, 5) is 11.5. The van der Waals surface area contributed by atoms with Gasteiger partial charge >= 0.3 is 0 Å². The Morgan fingerprint density at radius 3 is 2.57 bits per heavy atom. The minimum Gasteiger partial charge on any atom is -0.383 e. The summed E-state index contributed by atoms with van der Waals surface area (Å²) in [5.74, 6) is 0.365. The molecule has 0 bridgehead atoms. The number of hydrogen-bond donors (Lipinski definition) is 1. The van der Waals surface area contributed by atoms with E-state index < -0.39 is 0 Å². The predicted molar refractivity (Wildman–Crippen MR) is 117 cm³/mol. The average Bonchev–Trinajstić information content (AvgIpc) is 3.25. The maximum Gasteiger partial charge on any atom is 0.135 e. The number of anilines is 1. The molecule has 0 spiro atoms. The van der Waals surface area contributed by atoms with Crippen molar-refractivity contribution in [2.75, 3.05) is 12.3 Å². The molecule has 0 unspecified atom stereocenters. The molecular formula is C21H17ClN8. The van der Waals surface area contributed by atoms with Crippen LogP contribution in [0.5, 0.6) is 0 Å². The van der Waals surface area contributed by atoms with Gasteiger partial charge in [-0.15, -0.1) is 0 Å². The Kier molecular flexibility index (Phi) is 5.61. The number of rotatable bonds is 6. The van der Waals surface area contributed by atoms with Crippen LogP contribution >= 0.6 is 11.6 Å². The van der Waals surface area contributed by atoms with E-state index in [1.165, 1.54) is 6.33 Å². The van der Waals surface area contributed by atoms with Gasteiger partial charge in [0.15, 0.2) is 0 Å². The molecule has 0 aliphatic heterocycles. The van der Waals surface area contributed by atoms with Crippen molar-refractivity contribution in [2.45, 2.75) is 6.04 Å². The summed E-state index contributed by atoms with van der Waals surface area (Å²) in [6, 6.07) is 16.9. The van der Waals surface area contributed by atoms with Crippen molar-refractivity contribution in [3.63, 3.8) is 0 Å². The Labute approximate surface area is 177 Å². The Morgan fingerprint density at radius 2 is 1.83 bits per heavy atom. The highest BCUT2D eigenvalue weighted by atomic mass is 35.5. The highest BCUT2D eigenvalue weighted by molar-refractivity contribution is 6.30. The standard InChI is InChI=1S/C21H17ClN8/c22-17-8-6-15(7-9-17)19-20(25-13-26-21(19)23)16-10-28-30(12-16)18(11-27-29-24)14-4-2-1-3-5-14/h1-10,12-13,18H,11H2,(H2,23,25,26)/t18-/m0/s1. The predicted octanol–water partition coefficient (Wildman–Crippen LogP) is 5.14. The highest BCUT2D eigenvalue weighted by Crippen LogP contribution is 2.34. The zero-order valence-electron chi connectivity index (χ0n) is 15.8. The molecule has 0 aliphatic carbocycles. The van der Waals surface area contributed by atoms with Gasteiger partial charge in [0, 0.05) is 21.7 Å². The summed E-state index contributed by atoms with van der Waals surface area (Å²) in [6.07, 6.45) is 5.01. The first-order valence-electron chi connectivity index (χ1n) is 9.14. The number of benzene rings is 2. The molecule has 148 valence electrons. The lowest BCUT2D eigenvalue weighted by Gasteiger charge is -2.15.